The predicted octanol–water partition coefficient (Wildman–Crippen LogP) is 2.58. The number of anilines is 1. The minimum absolute atomic E-state index is 0.0526. The molecule has 0 bridgehead atoms. The molecule has 0 aliphatic carbocycles. The Bertz CT molecular complexity index is 762. The van der Waals surface area contributed by atoms with Gasteiger partial charge in [-0.2, -0.15) is 0 Å². The molecule has 0 aliphatic heterocycles. The SMILES string of the molecule is NC(CCS(=O)(=O)c1ccc(Br)cc1)C(=O)Nc1ccccc1. The van der Waals surface area contributed by atoms with Crippen LogP contribution in [0.3, 0.4) is 0 Å². The highest BCUT2D eigenvalue weighted by molar-refractivity contribution is 9.10. The maximum absolute atomic E-state index is 12.2. The number of sulfone groups is 1. The van der Waals surface area contributed by atoms with Crippen LogP contribution >= 0.6 is 15.9 Å². The molecule has 5 nitrogen and oxygen atoms in total. The van der Waals surface area contributed by atoms with Gasteiger partial charge in [-0.1, -0.05) is 34.1 Å². The molecule has 1 atom stereocenters. The largest absolute Gasteiger partial charge is 0.325 e. The van der Waals surface area contributed by atoms with Crippen LogP contribution in [-0.2, 0) is 14.6 Å². The Hall–Kier alpha value is -1.70. The van der Waals surface area contributed by atoms with E-state index >= 15 is 0 Å². The first kappa shape index (κ1) is 17.7. The molecule has 0 heterocycles. The van der Waals surface area contributed by atoms with Crippen LogP contribution in [-0.4, -0.2) is 26.1 Å². The number of carbonyl (C=O) groups is 1. The van der Waals surface area contributed by atoms with Gasteiger partial charge in [-0.05, 0) is 42.8 Å². The fourth-order valence-corrected chi connectivity index (χ4v) is 3.54. The Morgan fingerprint density at radius 1 is 1.09 bits per heavy atom. The van der Waals surface area contributed by atoms with E-state index in [1.54, 1.807) is 36.4 Å². The number of para-hydroxylation sites is 1. The Balaban J connectivity index is 1.94. The Morgan fingerprint density at radius 3 is 2.30 bits per heavy atom. The second-order valence-corrected chi connectivity index (χ2v) is 8.05. The van der Waals surface area contributed by atoms with Crippen LogP contribution in [0.15, 0.2) is 64.0 Å². The third kappa shape index (κ3) is 5.16. The highest BCUT2D eigenvalue weighted by Crippen LogP contribution is 2.17. The molecule has 0 saturated carbocycles. The number of rotatable bonds is 6. The van der Waals surface area contributed by atoms with Crippen LogP contribution in [0.1, 0.15) is 6.42 Å². The summed E-state index contributed by atoms with van der Waals surface area (Å²) < 4.78 is 25.3. The zero-order valence-electron chi connectivity index (χ0n) is 12.3. The third-order valence-electron chi connectivity index (χ3n) is 3.25. The van der Waals surface area contributed by atoms with E-state index in [2.05, 4.69) is 21.2 Å². The van der Waals surface area contributed by atoms with Crippen LogP contribution in [0.4, 0.5) is 5.69 Å². The third-order valence-corrected chi connectivity index (χ3v) is 5.54. The first-order chi connectivity index (χ1) is 10.9. The predicted molar refractivity (Wildman–Crippen MR) is 93.9 cm³/mol. The summed E-state index contributed by atoms with van der Waals surface area (Å²) in [6.07, 6.45) is 0.0526. The smallest absolute Gasteiger partial charge is 0.241 e. The van der Waals surface area contributed by atoms with Gasteiger partial charge in [0.15, 0.2) is 9.84 Å². The lowest BCUT2D eigenvalue weighted by atomic mass is 10.2. The molecule has 23 heavy (non-hydrogen) atoms. The molecule has 7 heteroatoms. The molecular formula is C16H17BrN2O3S. The topological polar surface area (TPSA) is 89.3 Å². The number of hydrogen-bond acceptors (Lipinski definition) is 4. The average Bonchev–Trinajstić information content (AvgIpc) is 2.54. The average molecular weight is 397 g/mol. The van der Waals surface area contributed by atoms with Crippen molar-refractivity contribution in [2.75, 3.05) is 11.1 Å². The summed E-state index contributed by atoms with van der Waals surface area (Å²) in [5.41, 5.74) is 6.42. The second-order valence-electron chi connectivity index (χ2n) is 5.02. The van der Waals surface area contributed by atoms with Crippen LogP contribution < -0.4 is 11.1 Å². The van der Waals surface area contributed by atoms with Crippen LogP contribution in [0, 0.1) is 0 Å². The van der Waals surface area contributed by atoms with Gasteiger partial charge in [0, 0.05) is 10.2 Å². The van der Waals surface area contributed by atoms with Crippen molar-refractivity contribution in [2.24, 2.45) is 5.73 Å². The van der Waals surface area contributed by atoms with Gasteiger partial charge in [-0.3, -0.25) is 4.79 Å². The molecule has 122 valence electrons. The highest BCUT2D eigenvalue weighted by Gasteiger charge is 2.20. The van der Waals surface area contributed by atoms with E-state index in [1.165, 1.54) is 12.1 Å². The van der Waals surface area contributed by atoms with Gasteiger partial charge in [0.25, 0.3) is 0 Å². The van der Waals surface area contributed by atoms with Crippen molar-refractivity contribution in [2.45, 2.75) is 17.4 Å². The molecule has 3 N–H and O–H groups in total. The van der Waals surface area contributed by atoms with E-state index in [4.69, 9.17) is 5.73 Å². The number of nitrogens with one attached hydrogen (secondary N) is 1. The number of amides is 1. The molecule has 0 fully saturated rings. The van der Waals surface area contributed by atoms with Crippen molar-refractivity contribution >= 4 is 37.4 Å². The molecule has 0 aromatic heterocycles. The quantitative estimate of drug-likeness (QED) is 0.784. The first-order valence-corrected chi connectivity index (χ1v) is 9.43. The molecule has 0 spiro atoms. The number of benzene rings is 2. The van der Waals surface area contributed by atoms with Crippen molar-refractivity contribution in [1.29, 1.82) is 0 Å². The summed E-state index contributed by atoms with van der Waals surface area (Å²) >= 11 is 3.26. The summed E-state index contributed by atoms with van der Waals surface area (Å²) in [5.74, 6) is -0.583. The fraction of sp³-hybridized carbons (Fsp3) is 0.188. The molecular weight excluding hydrogens is 380 g/mol. The Labute approximate surface area is 143 Å². The molecule has 2 rings (SSSR count). The van der Waals surface area contributed by atoms with Gasteiger partial charge in [0.1, 0.15) is 0 Å². The highest BCUT2D eigenvalue weighted by atomic mass is 79.9. The number of halogens is 1. The lowest BCUT2D eigenvalue weighted by Gasteiger charge is -2.12. The first-order valence-electron chi connectivity index (χ1n) is 6.98. The Morgan fingerprint density at radius 2 is 1.70 bits per heavy atom. The molecule has 0 saturated heterocycles. The van der Waals surface area contributed by atoms with Crippen molar-refractivity contribution in [3.63, 3.8) is 0 Å². The van der Waals surface area contributed by atoms with Gasteiger partial charge in [0.05, 0.1) is 16.7 Å². The summed E-state index contributed by atoms with van der Waals surface area (Å²) in [7, 11) is -3.46. The summed E-state index contributed by atoms with van der Waals surface area (Å²) in [4.78, 5) is 12.2. The van der Waals surface area contributed by atoms with Gasteiger partial charge in [-0.25, -0.2) is 8.42 Å². The normalized spacial score (nSPS) is 12.6. The van der Waals surface area contributed by atoms with E-state index in [-0.39, 0.29) is 17.1 Å². The van der Waals surface area contributed by atoms with E-state index in [1.807, 2.05) is 6.07 Å². The zero-order chi connectivity index (χ0) is 16.9. The molecule has 0 aliphatic rings. The molecule has 2 aromatic carbocycles. The van der Waals surface area contributed by atoms with Crippen LogP contribution in [0.2, 0.25) is 0 Å². The fourth-order valence-electron chi connectivity index (χ4n) is 1.93. The van der Waals surface area contributed by atoms with Gasteiger partial charge in [-0.15, -0.1) is 0 Å². The summed E-state index contributed by atoms with van der Waals surface area (Å²) in [6.45, 7) is 0. The lowest BCUT2D eigenvalue weighted by Crippen LogP contribution is -2.37. The van der Waals surface area contributed by atoms with E-state index < -0.39 is 21.8 Å². The molecule has 1 unspecified atom stereocenters. The van der Waals surface area contributed by atoms with Crippen LogP contribution in [0.5, 0.6) is 0 Å². The Kier molecular flexibility index (Phi) is 5.92. The maximum atomic E-state index is 12.2. The summed E-state index contributed by atoms with van der Waals surface area (Å²) in [5, 5.41) is 2.66. The number of nitrogens with two attached hydrogens (primary N) is 1. The van der Waals surface area contributed by atoms with E-state index in [9.17, 15) is 13.2 Å². The standard InChI is InChI=1S/C16H17BrN2O3S/c17-12-6-8-14(9-7-12)23(21,22)11-10-15(18)16(20)19-13-4-2-1-3-5-13/h1-9,15H,10-11,18H2,(H,19,20). The monoisotopic (exact) mass is 396 g/mol. The van der Waals surface area contributed by atoms with Crippen LogP contribution in [0.25, 0.3) is 0 Å². The molecule has 1 amide bonds. The lowest BCUT2D eigenvalue weighted by molar-refractivity contribution is -0.117. The van der Waals surface area contributed by atoms with Crippen molar-refractivity contribution < 1.29 is 13.2 Å². The number of carbonyl (C=O) groups excluding carboxylic acids is 1. The number of hydrogen-bond donors (Lipinski definition) is 2. The van der Waals surface area contributed by atoms with Gasteiger partial charge >= 0.3 is 0 Å². The maximum Gasteiger partial charge on any atom is 0.241 e. The van der Waals surface area contributed by atoms with Crippen molar-refractivity contribution in [3.05, 3.63) is 59.1 Å². The molecule has 2 aromatic rings. The minimum Gasteiger partial charge on any atom is -0.325 e. The van der Waals surface area contributed by atoms with Crippen molar-refractivity contribution in [1.82, 2.24) is 0 Å². The zero-order valence-corrected chi connectivity index (χ0v) is 14.7. The van der Waals surface area contributed by atoms with E-state index in [0.29, 0.717) is 5.69 Å². The second kappa shape index (κ2) is 7.72. The van der Waals surface area contributed by atoms with Gasteiger partial charge < -0.3 is 11.1 Å². The van der Waals surface area contributed by atoms with Gasteiger partial charge in [0.2, 0.25) is 5.91 Å². The van der Waals surface area contributed by atoms with Crippen molar-refractivity contribution in [3.8, 4) is 0 Å². The van der Waals surface area contributed by atoms with E-state index in [0.717, 1.165) is 4.47 Å². The summed E-state index contributed by atoms with van der Waals surface area (Å²) in [6, 6.07) is 14.4. The molecule has 0 radical (unpaired) electrons. The minimum atomic E-state index is -3.46.